The molecule has 21 heavy (non-hydrogen) atoms. The lowest BCUT2D eigenvalue weighted by molar-refractivity contribution is 0.318. The van der Waals surface area contributed by atoms with E-state index in [4.69, 9.17) is 10.9 Å². The summed E-state index contributed by atoms with van der Waals surface area (Å²) in [5.74, 6) is 0.142. The van der Waals surface area contributed by atoms with Gasteiger partial charge in [-0.05, 0) is 37.4 Å². The Morgan fingerprint density at radius 2 is 2.19 bits per heavy atom. The number of aryl methyl sites for hydroxylation is 1. The van der Waals surface area contributed by atoms with Gasteiger partial charge in [-0.25, -0.2) is 0 Å². The minimum atomic E-state index is 0.142. The van der Waals surface area contributed by atoms with Gasteiger partial charge in [0, 0.05) is 35.6 Å². The van der Waals surface area contributed by atoms with Crippen molar-refractivity contribution in [2.75, 3.05) is 11.9 Å². The summed E-state index contributed by atoms with van der Waals surface area (Å²) >= 11 is 1.77. The second kappa shape index (κ2) is 6.63. The van der Waals surface area contributed by atoms with Gasteiger partial charge in [-0.15, -0.1) is 11.3 Å². The Kier molecular flexibility index (Phi) is 4.85. The molecule has 0 fully saturated rings. The molecule has 4 nitrogen and oxygen atoms in total. The molecule has 0 aliphatic heterocycles. The first-order valence-electron chi connectivity index (χ1n) is 6.86. The SMILES string of the molecule is Cc1ccc(N(C)C(C)Cc2cccs2)c(/C(N)=N/O)c1. The van der Waals surface area contributed by atoms with Gasteiger partial charge in [0.25, 0.3) is 0 Å². The molecule has 0 amide bonds. The summed E-state index contributed by atoms with van der Waals surface area (Å²) in [6.07, 6.45) is 0.970. The topological polar surface area (TPSA) is 61.8 Å². The van der Waals surface area contributed by atoms with Crippen LogP contribution in [-0.2, 0) is 6.42 Å². The van der Waals surface area contributed by atoms with E-state index in [1.807, 2.05) is 32.2 Å². The van der Waals surface area contributed by atoms with E-state index >= 15 is 0 Å². The zero-order valence-electron chi connectivity index (χ0n) is 12.6. The van der Waals surface area contributed by atoms with E-state index in [0.717, 1.165) is 23.2 Å². The van der Waals surface area contributed by atoms with Gasteiger partial charge in [0.1, 0.15) is 0 Å². The van der Waals surface area contributed by atoms with Gasteiger partial charge in [0.15, 0.2) is 5.84 Å². The highest BCUT2D eigenvalue weighted by atomic mass is 32.1. The van der Waals surface area contributed by atoms with Crippen LogP contribution in [0.25, 0.3) is 0 Å². The second-order valence-electron chi connectivity index (χ2n) is 5.25. The number of amidine groups is 1. The number of benzene rings is 1. The lowest BCUT2D eigenvalue weighted by Crippen LogP contribution is -2.32. The Hall–Kier alpha value is -2.01. The predicted octanol–water partition coefficient (Wildman–Crippen LogP) is 3.22. The quantitative estimate of drug-likeness (QED) is 0.386. The lowest BCUT2D eigenvalue weighted by Gasteiger charge is -2.29. The second-order valence-corrected chi connectivity index (χ2v) is 6.28. The van der Waals surface area contributed by atoms with E-state index in [-0.39, 0.29) is 5.84 Å². The number of thiophene rings is 1. The Bertz CT molecular complexity index is 622. The first kappa shape index (κ1) is 15.4. The van der Waals surface area contributed by atoms with Crippen LogP contribution in [0, 0.1) is 6.92 Å². The number of anilines is 1. The average molecular weight is 303 g/mol. The van der Waals surface area contributed by atoms with Crippen molar-refractivity contribution in [3.63, 3.8) is 0 Å². The van der Waals surface area contributed by atoms with E-state index < -0.39 is 0 Å². The molecule has 0 radical (unpaired) electrons. The summed E-state index contributed by atoms with van der Waals surface area (Å²) in [5, 5.41) is 14.2. The smallest absolute Gasteiger partial charge is 0.172 e. The molecular formula is C16H21N3OS. The zero-order valence-corrected chi connectivity index (χ0v) is 13.4. The van der Waals surface area contributed by atoms with E-state index in [2.05, 4.69) is 34.5 Å². The van der Waals surface area contributed by atoms with Crippen molar-refractivity contribution >= 4 is 22.9 Å². The fourth-order valence-corrected chi connectivity index (χ4v) is 3.14. The highest BCUT2D eigenvalue weighted by Crippen LogP contribution is 2.24. The largest absolute Gasteiger partial charge is 0.409 e. The Labute approximate surface area is 129 Å². The van der Waals surface area contributed by atoms with E-state index in [1.54, 1.807) is 11.3 Å². The van der Waals surface area contributed by atoms with Crippen molar-refractivity contribution in [3.05, 3.63) is 51.7 Å². The maximum Gasteiger partial charge on any atom is 0.172 e. The summed E-state index contributed by atoms with van der Waals surface area (Å²) in [6, 6.07) is 10.5. The summed E-state index contributed by atoms with van der Waals surface area (Å²) in [6.45, 7) is 4.17. The van der Waals surface area contributed by atoms with Crippen LogP contribution in [0.3, 0.4) is 0 Å². The van der Waals surface area contributed by atoms with E-state index in [1.165, 1.54) is 4.88 Å². The lowest BCUT2D eigenvalue weighted by atomic mass is 10.1. The number of rotatable bonds is 5. The molecule has 1 aromatic heterocycles. The van der Waals surface area contributed by atoms with Crippen molar-refractivity contribution in [1.29, 1.82) is 0 Å². The molecule has 1 aromatic carbocycles. The first-order valence-corrected chi connectivity index (χ1v) is 7.74. The van der Waals surface area contributed by atoms with Gasteiger partial charge >= 0.3 is 0 Å². The van der Waals surface area contributed by atoms with Crippen molar-refractivity contribution in [2.45, 2.75) is 26.3 Å². The van der Waals surface area contributed by atoms with Crippen LogP contribution in [0.15, 0.2) is 40.9 Å². The summed E-state index contributed by atoms with van der Waals surface area (Å²) in [4.78, 5) is 3.53. The van der Waals surface area contributed by atoms with Crippen LogP contribution in [0.5, 0.6) is 0 Å². The Morgan fingerprint density at radius 3 is 2.81 bits per heavy atom. The standard InChI is InChI=1S/C16H21N3OS/c1-11-6-7-15(14(9-11)16(17)18-20)19(3)12(2)10-13-5-4-8-21-13/h4-9,12,20H,10H2,1-3H3,(H2,17,18). The number of hydrogen-bond acceptors (Lipinski definition) is 4. The summed E-state index contributed by atoms with van der Waals surface area (Å²) in [7, 11) is 2.04. The van der Waals surface area contributed by atoms with Crippen LogP contribution in [0.2, 0.25) is 0 Å². The maximum absolute atomic E-state index is 8.98. The van der Waals surface area contributed by atoms with Gasteiger partial charge in [0.05, 0.1) is 0 Å². The minimum Gasteiger partial charge on any atom is -0.409 e. The molecular weight excluding hydrogens is 282 g/mol. The molecule has 3 N–H and O–H groups in total. The monoisotopic (exact) mass is 303 g/mol. The molecule has 112 valence electrons. The van der Waals surface area contributed by atoms with Crippen LogP contribution in [-0.4, -0.2) is 24.1 Å². The molecule has 0 spiro atoms. The molecule has 0 aliphatic carbocycles. The number of oxime groups is 1. The van der Waals surface area contributed by atoms with Crippen LogP contribution in [0.1, 0.15) is 22.9 Å². The van der Waals surface area contributed by atoms with E-state index in [0.29, 0.717) is 6.04 Å². The number of hydrogen-bond donors (Lipinski definition) is 2. The summed E-state index contributed by atoms with van der Waals surface area (Å²) < 4.78 is 0. The van der Waals surface area contributed by atoms with Crippen molar-refractivity contribution < 1.29 is 5.21 Å². The van der Waals surface area contributed by atoms with E-state index in [9.17, 15) is 0 Å². The van der Waals surface area contributed by atoms with Gasteiger partial charge in [0.2, 0.25) is 0 Å². The average Bonchev–Trinajstić information content (AvgIpc) is 2.98. The predicted molar refractivity (Wildman–Crippen MR) is 89.6 cm³/mol. The van der Waals surface area contributed by atoms with Gasteiger partial charge in [-0.2, -0.15) is 0 Å². The molecule has 0 bridgehead atoms. The minimum absolute atomic E-state index is 0.142. The molecule has 5 heteroatoms. The van der Waals surface area contributed by atoms with Crippen molar-refractivity contribution in [3.8, 4) is 0 Å². The summed E-state index contributed by atoms with van der Waals surface area (Å²) in [5.41, 5.74) is 8.63. The number of nitrogens with zero attached hydrogens (tertiary/aromatic N) is 2. The van der Waals surface area contributed by atoms with Crippen LogP contribution in [0.4, 0.5) is 5.69 Å². The third kappa shape index (κ3) is 3.55. The number of nitrogens with two attached hydrogens (primary N) is 1. The molecule has 0 aliphatic rings. The fourth-order valence-electron chi connectivity index (χ4n) is 2.31. The van der Waals surface area contributed by atoms with Crippen molar-refractivity contribution in [2.24, 2.45) is 10.9 Å². The molecule has 1 heterocycles. The third-order valence-corrected chi connectivity index (χ3v) is 4.55. The molecule has 1 atom stereocenters. The normalized spacial score (nSPS) is 13.2. The van der Waals surface area contributed by atoms with Gasteiger partial charge < -0.3 is 15.8 Å². The Morgan fingerprint density at radius 1 is 1.43 bits per heavy atom. The third-order valence-electron chi connectivity index (χ3n) is 3.65. The highest BCUT2D eigenvalue weighted by Gasteiger charge is 2.16. The zero-order chi connectivity index (χ0) is 15.4. The molecule has 2 rings (SSSR count). The fraction of sp³-hybridized carbons (Fsp3) is 0.312. The van der Waals surface area contributed by atoms with Crippen LogP contribution >= 0.6 is 11.3 Å². The molecule has 1 unspecified atom stereocenters. The van der Waals surface area contributed by atoms with Gasteiger partial charge in [-0.1, -0.05) is 22.9 Å². The van der Waals surface area contributed by atoms with Crippen LogP contribution < -0.4 is 10.6 Å². The number of likely N-dealkylation sites (N-methyl/N-ethyl adjacent to an activating group) is 1. The Balaban J connectivity index is 2.27. The molecule has 2 aromatic rings. The molecule has 0 saturated heterocycles. The van der Waals surface area contributed by atoms with Gasteiger partial charge in [-0.3, -0.25) is 0 Å². The highest BCUT2D eigenvalue weighted by molar-refractivity contribution is 7.09. The molecule has 0 saturated carbocycles. The van der Waals surface area contributed by atoms with Crippen molar-refractivity contribution in [1.82, 2.24) is 0 Å². The maximum atomic E-state index is 8.98. The first-order chi connectivity index (χ1) is 10.0.